The first kappa shape index (κ1) is 8.31. The quantitative estimate of drug-likeness (QED) is 0.629. The Kier molecular flexibility index (Phi) is 4.38. The fraction of sp³-hybridized carbons (Fsp3) is 1.00. The van der Waals surface area contributed by atoms with Crippen molar-refractivity contribution in [2.75, 3.05) is 12.0 Å². The van der Waals surface area contributed by atoms with Gasteiger partial charge in [-0.05, 0) is 24.9 Å². The molecule has 0 rings (SSSR count). The molecule has 0 saturated heterocycles. The molecule has 0 heterocycles. The number of aliphatic hydroxyl groups excluding tert-OH is 1. The molecule has 1 nitrogen and oxygen atoms in total. The second-order valence-corrected chi connectivity index (χ2v) is 3.08. The van der Waals surface area contributed by atoms with Crippen molar-refractivity contribution >= 4 is 11.8 Å². The van der Waals surface area contributed by atoms with Gasteiger partial charge in [0.05, 0.1) is 6.10 Å². The molecular formula is C6H14OS. The standard InChI is InChI=1S/C6H14OS/c1-5(4-8-3)6(2)7/h5-7H,4H2,1-3H3. The maximum Gasteiger partial charge on any atom is 0.0545 e. The number of hydrogen-bond donors (Lipinski definition) is 1. The molecule has 0 aromatic rings. The SMILES string of the molecule is CSCC(C)C(C)O. The molecule has 0 aliphatic carbocycles. The van der Waals surface area contributed by atoms with Gasteiger partial charge >= 0.3 is 0 Å². The first-order chi connectivity index (χ1) is 3.68. The summed E-state index contributed by atoms with van der Waals surface area (Å²) in [5.41, 5.74) is 0. The second-order valence-electron chi connectivity index (χ2n) is 2.17. The molecule has 0 saturated carbocycles. The Bertz CT molecular complexity index is 54.5. The number of aliphatic hydroxyl groups is 1. The van der Waals surface area contributed by atoms with Gasteiger partial charge < -0.3 is 5.11 Å². The summed E-state index contributed by atoms with van der Waals surface area (Å²) in [7, 11) is 0. The van der Waals surface area contributed by atoms with Crippen LogP contribution in [0.4, 0.5) is 0 Å². The Morgan fingerprint density at radius 1 is 1.50 bits per heavy atom. The van der Waals surface area contributed by atoms with E-state index >= 15 is 0 Å². The normalized spacial score (nSPS) is 18.0. The van der Waals surface area contributed by atoms with E-state index in [1.165, 1.54) is 0 Å². The van der Waals surface area contributed by atoms with Crippen LogP contribution < -0.4 is 0 Å². The van der Waals surface area contributed by atoms with Crippen LogP contribution in [0.3, 0.4) is 0 Å². The summed E-state index contributed by atoms with van der Waals surface area (Å²) < 4.78 is 0. The minimum absolute atomic E-state index is 0.151. The van der Waals surface area contributed by atoms with E-state index < -0.39 is 0 Å². The molecule has 0 fully saturated rings. The van der Waals surface area contributed by atoms with Gasteiger partial charge in [-0.2, -0.15) is 11.8 Å². The van der Waals surface area contributed by atoms with E-state index in [-0.39, 0.29) is 6.10 Å². The van der Waals surface area contributed by atoms with Crippen molar-refractivity contribution in [3.63, 3.8) is 0 Å². The molecule has 2 atom stereocenters. The van der Waals surface area contributed by atoms with Crippen LogP contribution in [0, 0.1) is 5.92 Å². The van der Waals surface area contributed by atoms with Crippen LogP contribution in [-0.4, -0.2) is 23.2 Å². The molecule has 0 bridgehead atoms. The molecule has 0 spiro atoms. The third kappa shape index (κ3) is 3.33. The third-order valence-electron chi connectivity index (χ3n) is 1.25. The van der Waals surface area contributed by atoms with Gasteiger partial charge in [0.2, 0.25) is 0 Å². The Labute approximate surface area is 55.5 Å². The molecular weight excluding hydrogens is 120 g/mol. The van der Waals surface area contributed by atoms with E-state index in [4.69, 9.17) is 5.11 Å². The van der Waals surface area contributed by atoms with Crippen LogP contribution in [0.25, 0.3) is 0 Å². The fourth-order valence-electron chi connectivity index (χ4n) is 0.402. The third-order valence-corrected chi connectivity index (χ3v) is 2.11. The lowest BCUT2D eigenvalue weighted by atomic mass is 10.1. The van der Waals surface area contributed by atoms with Crippen LogP contribution in [0.2, 0.25) is 0 Å². The van der Waals surface area contributed by atoms with Crippen LogP contribution in [0.1, 0.15) is 13.8 Å². The van der Waals surface area contributed by atoms with E-state index in [1.54, 1.807) is 11.8 Å². The van der Waals surface area contributed by atoms with Crippen molar-refractivity contribution in [3.8, 4) is 0 Å². The molecule has 0 aromatic carbocycles. The largest absolute Gasteiger partial charge is 0.393 e. The lowest BCUT2D eigenvalue weighted by Crippen LogP contribution is -2.14. The van der Waals surface area contributed by atoms with E-state index in [2.05, 4.69) is 13.2 Å². The minimum Gasteiger partial charge on any atom is -0.393 e. The van der Waals surface area contributed by atoms with Gasteiger partial charge in [-0.15, -0.1) is 0 Å². The van der Waals surface area contributed by atoms with Gasteiger partial charge in [0, 0.05) is 0 Å². The van der Waals surface area contributed by atoms with Crippen molar-refractivity contribution in [3.05, 3.63) is 0 Å². The van der Waals surface area contributed by atoms with Crippen LogP contribution in [-0.2, 0) is 0 Å². The average Bonchev–Trinajstić information content (AvgIpc) is 1.67. The maximum atomic E-state index is 8.94. The summed E-state index contributed by atoms with van der Waals surface area (Å²) in [6, 6.07) is 0. The Balaban J connectivity index is 3.17. The monoisotopic (exact) mass is 134 g/mol. The smallest absolute Gasteiger partial charge is 0.0545 e. The highest BCUT2D eigenvalue weighted by Gasteiger charge is 2.05. The minimum atomic E-state index is -0.151. The van der Waals surface area contributed by atoms with Crippen LogP contribution >= 0.6 is 11.8 Å². The van der Waals surface area contributed by atoms with Crippen molar-refractivity contribution in [2.45, 2.75) is 20.0 Å². The zero-order chi connectivity index (χ0) is 6.57. The van der Waals surface area contributed by atoms with Crippen molar-refractivity contribution in [1.82, 2.24) is 0 Å². The van der Waals surface area contributed by atoms with Gasteiger partial charge in [-0.25, -0.2) is 0 Å². The number of hydrogen-bond acceptors (Lipinski definition) is 2. The summed E-state index contributed by atoms with van der Waals surface area (Å²) in [6.07, 6.45) is 1.90. The molecule has 50 valence electrons. The fourth-order valence-corrected chi connectivity index (χ4v) is 1.21. The van der Waals surface area contributed by atoms with Crippen molar-refractivity contribution in [1.29, 1.82) is 0 Å². The van der Waals surface area contributed by atoms with E-state index in [0.29, 0.717) is 5.92 Å². The molecule has 0 aliphatic heterocycles. The first-order valence-electron chi connectivity index (χ1n) is 2.85. The van der Waals surface area contributed by atoms with E-state index in [0.717, 1.165) is 5.75 Å². The summed E-state index contributed by atoms with van der Waals surface area (Å²) in [5, 5.41) is 8.94. The summed E-state index contributed by atoms with van der Waals surface area (Å²) in [4.78, 5) is 0. The Hall–Kier alpha value is 0.310. The summed E-state index contributed by atoms with van der Waals surface area (Å²) in [6.45, 7) is 3.89. The number of thioether (sulfide) groups is 1. The topological polar surface area (TPSA) is 20.2 Å². The van der Waals surface area contributed by atoms with Gasteiger partial charge in [-0.1, -0.05) is 6.92 Å². The second kappa shape index (κ2) is 4.21. The highest BCUT2D eigenvalue weighted by atomic mass is 32.2. The molecule has 0 aliphatic rings. The average molecular weight is 134 g/mol. The zero-order valence-corrected chi connectivity index (χ0v) is 6.53. The van der Waals surface area contributed by atoms with Crippen molar-refractivity contribution < 1.29 is 5.11 Å². The summed E-state index contributed by atoms with van der Waals surface area (Å²) in [5.74, 6) is 1.49. The van der Waals surface area contributed by atoms with E-state index in [9.17, 15) is 0 Å². The predicted octanol–water partition coefficient (Wildman–Crippen LogP) is 1.37. The lowest BCUT2D eigenvalue weighted by molar-refractivity contribution is 0.147. The van der Waals surface area contributed by atoms with Gasteiger partial charge in [0.25, 0.3) is 0 Å². The summed E-state index contributed by atoms with van der Waals surface area (Å²) >= 11 is 1.78. The maximum absolute atomic E-state index is 8.94. The van der Waals surface area contributed by atoms with Gasteiger partial charge in [0.15, 0.2) is 0 Å². The molecule has 2 heteroatoms. The van der Waals surface area contributed by atoms with E-state index in [1.807, 2.05) is 6.92 Å². The van der Waals surface area contributed by atoms with Crippen LogP contribution in [0.15, 0.2) is 0 Å². The molecule has 0 aromatic heterocycles. The zero-order valence-electron chi connectivity index (χ0n) is 5.72. The van der Waals surface area contributed by atoms with Gasteiger partial charge in [0.1, 0.15) is 0 Å². The molecule has 0 amide bonds. The highest BCUT2D eigenvalue weighted by molar-refractivity contribution is 7.98. The predicted molar refractivity (Wildman–Crippen MR) is 39.2 cm³/mol. The molecule has 0 radical (unpaired) electrons. The van der Waals surface area contributed by atoms with Crippen LogP contribution in [0.5, 0.6) is 0 Å². The first-order valence-corrected chi connectivity index (χ1v) is 4.25. The lowest BCUT2D eigenvalue weighted by Gasteiger charge is -2.11. The molecule has 1 N–H and O–H groups in total. The molecule has 8 heavy (non-hydrogen) atoms. The highest BCUT2D eigenvalue weighted by Crippen LogP contribution is 2.07. The molecule has 2 unspecified atom stereocenters. The van der Waals surface area contributed by atoms with Gasteiger partial charge in [-0.3, -0.25) is 0 Å². The Morgan fingerprint density at radius 2 is 2.00 bits per heavy atom. The van der Waals surface area contributed by atoms with Crippen molar-refractivity contribution in [2.24, 2.45) is 5.92 Å². The Morgan fingerprint density at radius 3 is 2.12 bits per heavy atom. The number of rotatable bonds is 3.